The number of esters is 1. The summed E-state index contributed by atoms with van der Waals surface area (Å²) in [6.45, 7) is 4.84. The normalized spacial score (nSPS) is 28.9. The number of carbonyl (C=O) groups is 2. The molecule has 0 radical (unpaired) electrons. The number of amides is 1. The van der Waals surface area contributed by atoms with Crippen molar-refractivity contribution in [3.63, 3.8) is 0 Å². The van der Waals surface area contributed by atoms with E-state index in [0.29, 0.717) is 12.5 Å². The van der Waals surface area contributed by atoms with Gasteiger partial charge in [0.15, 0.2) is 0 Å². The number of likely N-dealkylation sites (tertiary alicyclic amines) is 1. The molecule has 0 spiro atoms. The fourth-order valence-electron chi connectivity index (χ4n) is 3.89. The molecule has 2 aliphatic rings. The number of piperidine rings is 1. The summed E-state index contributed by atoms with van der Waals surface area (Å²) in [4.78, 5) is 26.6. The largest absolute Gasteiger partial charge is 0.467 e. The molecule has 1 amide bonds. The Morgan fingerprint density at radius 1 is 1.35 bits per heavy atom. The monoisotopic (exact) mass is 380 g/mol. The number of hydrogen-bond donors (Lipinski definition) is 1. The number of hydrogen-bond acceptors (Lipinski definition) is 4. The van der Waals surface area contributed by atoms with Gasteiger partial charge in [0.1, 0.15) is 12.1 Å². The third-order valence-corrected chi connectivity index (χ3v) is 5.96. The van der Waals surface area contributed by atoms with Crippen LogP contribution in [0.3, 0.4) is 0 Å². The molecule has 23 heavy (non-hydrogen) atoms. The molecule has 0 aromatic heterocycles. The average Bonchev–Trinajstić information content (AvgIpc) is 2.89. The molecule has 1 aliphatic carbocycles. The van der Waals surface area contributed by atoms with Crippen LogP contribution in [0.1, 0.15) is 25.5 Å². The molecule has 5 nitrogen and oxygen atoms in total. The van der Waals surface area contributed by atoms with Gasteiger partial charge < -0.3 is 15.4 Å². The van der Waals surface area contributed by atoms with Crippen molar-refractivity contribution in [2.45, 2.75) is 25.9 Å². The molecule has 1 unspecified atom stereocenters. The Morgan fingerprint density at radius 3 is 2.52 bits per heavy atom. The van der Waals surface area contributed by atoms with Gasteiger partial charge in [-0.2, -0.15) is 0 Å². The average molecular weight is 381 g/mol. The lowest BCUT2D eigenvalue weighted by Gasteiger charge is -2.31. The van der Waals surface area contributed by atoms with Gasteiger partial charge >= 0.3 is 5.97 Å². The van der Waals surface area contributed by atoms with Crippen LogP contribution < -0.4 is 5.73 Å². The molecule has 1 saturated carbocycles. The van der Waals surface area contributed by atoms with Crippen molar-refractivity contribution in [3.05, 3.63) is 34.3 Å². The highest BCUT2D eigenvalue weighted by atomic mass is 79.9. The van der Waals surface area contributed by atoms with E-state index in [-0.39, 0.29) is 23.2 Å². The predicted octanol–water partition coefficient (Wildman–Crippen LogP) is 2.10. The Hall–Kier alpha value is -1.40. The maximum atomic E-state index is 12.8. The van der Waals surface area contributed by atoms with Crippen molar-refractivity contribution in [2.75, 3.05) is 13.7 Å². The molecule has 2 fully saturated rings. The van der Waals surface area contributed by atoms with E-state index in [0.717, 1.165) is 10.0 Å². The molecule has 1 heterocycles. The zero-order valence-corrected chi connectivity index (χ0v) is 15.0. The van der Waals surface area contributed by atoms with Gasteiger partial charge in [-0.3, -0.25) is 4.79 Å². The molecule has 4 atom stereocenters. The van der Waals surface area contributed by atoms with E-state index in [2.05, 4.69) is 29.8 Å². The molecule has 1 aliphatic heterocycles. The molecule has 0 bridgehead atoms. The van der Waals surface area contributed by atoms with Crippen molar-refractivity contribution in [3.8, 4) is 0 Å². The van der Waals surface area contributed by atoms with Crippen LogP contribution in [-0.4, -0.2) is 36.5 Å². The van der Waals surface area contributed by atoms with E-state index in [9.17, 15) is 9.59 Å². The number of nitrogens with zero attached hydrogens (tertiary/aromatic N) is 1. The van der Waals surface area contributed by atoms with E-state index in [1.54, 1.807) is 4.90 Å². The zero-order valence-electron chi connectivity index (χ0n) is 13.5. The fourth-order valence-corrected chi connectivity index (χ4v) is 4.16. The van der Waals surface area contributed by atoms with Gasteiger partial charge in [-0.1, -0.05) is 41.9 Å². The second-order valence-corrected chi connectivity index (χ2v) is 7.86. The van der Waals surface area contributed by atoms with Crippen LogP contribution in [0.15, 0.2) is 28.7 Å². The predicted molar refractivity (Wildman–Crippen MR) is 89.3 cm³/mol. The summed E-state index contributed by atoms with van der Waals surface area (Å²) in [5.41, 5.74) is 6.96. The quantitative estimate of drug-likeness (QED) is 0.814. The fraction of sp³-hybridized carbons (Fsp3) is 0.529. The van der Waals surface area contributed by atoms with Crippen LogP contribution in [0.4, 0.5) is 0 Å². The number of benzene rings is 1. The van der Waals surface area contributed by atoms with Crippen LogP contribution >= 0.6 is 15.9 Å². The highest BCUT2D eigenvalue weighted by molar-refractivity contribution is 9.10. The minimum absolute atomic E-state index is 0.0807. The standard InChI is InChI=1S/C17H21BrN2O3/c1-17(2)11-8-20(14(12(11)17)16(22)23-3)15(21)13(19)9-4-6-10(18)7-5-9/h4-7,11-14H,8,19H2,1-3H3/t11-,12-,13?,14-/m0/s1. The maximum absolute atomic E-state index is 12.8. The van der Waals surface area contributed by atoms with Gasteiger partial charge in [-0.25, -0.2) is 4.79 Å². The third kappa shape index (κ3) is 2.58. The second kappa shape index (κ2) is 5.60. The van der Waals surface area contributed by atoms with E-state index in [1.165, 1.54) is 7.11 Å². The number of nitrogens with two attached hydrogens (primary N) is 1. The van der Waals surface area contributed by atoms with E-state index < -0.39 is 12.1 Å². The van der Waals surface area contributed by atoms with Crippen molar-refractivity contribution in [1.29, 1.82) is 0 Å². The lowest BCUT2D eigenvalue weighted by Crippen LogP contribution is -2.49. The summed E-state index contributed by atoms with van der Waals surface area (Å²) >= 11 is 3.36. The first-order chi connectivity index (χ1) is 10.8. The molecule has 1 saturated heterocycles. The van der Waals surface area contributed by atoms with Gasteiger partial charge in [-0.15, -0.1) is 0 Å². The summed E-state index contributed by atoms with van der Waals surface area (Å²) in [5.74, 6) is -0.0613. The summed E-state index contributed by atoms with van der Waals surface area (Å²) in [6.07, 6.45) is 0. The number of ether oxygens (including phenoxy) is 1. The topological polar surface area (TPSA) is 72.6 Å². The van der Waals surface area contributed by atoms with Crippen LogP contribution in [0, 0.1) is 17.3 Å². The van der Waals surface area contributed by atoms with Gasteiger partial charge in [0.2, 0.25) is 5.91 Å². The minimum Gasteiger partial charge on any atom is -0.467 e. The first-order valence-electron chi connectivity index (χ1n) is 7.68. The van der Waals surface area contributed by atoms with E-state index >= 15 is 0 Å². The molecular formula is C17H21BrN2O3. The molecular weight excluding hydrogens is 360 g/mol. The number of halogens is 1. The van der Waals surface area contributed by atoms with Crippen LogP contribution in [0.25, 0.3) is 0 Å². The highest BCUT2D eigenvalue weighted by Gasteiger charge is 2.69. The van der Waals surface area contributed by atoms with Gasteiger partial charge in [0.25, 0.3) is 0 Å². The number of rotatable bonds is 3. The molecule has 1 aromatic rings. The summed E-state index contributed by atoms with van der Waals surface area (Å²) in [7, 11) is 1.36. The second-order valence-electron chi connectivity index (χ2n) is 6.94. The Balaban J connectivity index is 1.81. The van der Waals surface area contributed by atoms with Crippen molar-refractivity contribution in [1.82, 2.24) is 4.90 Å². The maximum Gasteiger partial charge on any atom is 0.328 e. The Morgan fingerprint density at radius 2 is 1.96 bits per heavy atom. The lowest BCUT2D eigenvalue weighted by molar-refractivity contribution is -0.153. The summed E-state index contributed by atoms with van der Waals surface area (Å²) in [6, 6.07) is 6.06. The van der Waals surface area contributed by atoms with Gasteiger partial charge in [0.05, 0.1) is 7.11 Å². The van der Waals surface area contributed by atoms with Crippen molar-refractivity contribution in [2.24, 2.45) is 23.0 Å². The Labute approximate surface area is 144 Å². The molecule has 6 heteroatoms. The molecule has 1 aromatic carbocycles. The Bertz CT molecular complexity index is 644. The Kier molecular flexibility index (Phi) is 4.01. The SMILES string of the molecule is COC(=O)[C@@H]1[C@@H]2[C@H](CN1C(=O)C(N)c1ccc(Br)cc1)C2(C)C. The van der Waals surface area contributed by atoms with E-state index in [1.807, 2.05) is 24.3 Å². The summed E-state index contributed by atoms with van der Waals surface area (Å²) < 4.78 is 5.85. The number of fused-ring (bicyclic) bond motifs is 1. The summed E-state index contributed by atoms with van der Waals surface area (Å²) in [5, 5.41) is 0. The van der Waals surface area contributed by atoms with Crippen molar-refractivity contribution < 1.29 is 14.3 Å². The van der Waals surface area contributed by atoms with Crippen LogP contribution in [0.5, 0.6) is 0 Å². The van der Waals surface area contributed by atoms with Crippen molar-refractivity contribution >= 4 is 27.8 Å². The smallest absolute Gasteiger partial charge is 0.328 e. The first-order valence-corrected chi connectivity index (χ1v) is 8.47. The molecule has 124 valence electrons. The van der Waals surface area contributed by atoms with Crippen LogP contribution in [-0.2, 0) is 14.3 Å². The van der Waals surface area contributed by atoms with Gasteiger partial charge in [0, 0.05) is 16.9 Å². The third-order valence-electron chi connectivity index (χ3n) is 5.43. The minimum atomic E-state index is -0.768. The number of methoxy groups -OCH3 is 1. The molecule has 2 N–H and O–H groups in total. The van der Waals surface area contributed by atoms with Crippen LogP contribution in [0.2, 0.25) is 0 Å². The number of carbonyl (C=O) groups excluding carboxylic acids is 2. The lowest BCUT2D eigenvalue weighted by atomic mass is 9.99. The highest BCUT2D eigenvalue weighted by Crippen LogP contribution is 2.65. The zero-order chi connectivity index (χ0) is 16.9. The van der Waals surface area contributed by atoms with Gasteiger partial charge in [-0.05, 0) is 29.0 Å². The van der Waals surface area contributed by atoms with E-state index in [4.69, 9.17) is 10.5 Å². The first kappa shape index (κ1) is 16.5. The molecule has 3 rings (SSSR count).